The molecule has 0 aromatic heterocycles. The topological polar surface area (TPSA) is 21.3 Å². The van der Waals surface area contributed by atoms with Crippen molar-refractivity contribution in [3.05, 3.63) is 0 Å². The quantitative estimate of drug-likeness (QED) is 0.705. The molecule has 2 heteroatoms. The van der Waals surface area contributed by atoms with Gasteiger partial charge < -0.3 is 10.1 Å². The van der Waals surface area contributed by atoms with Gasteiger partial charge in [-0.15, -0.1) is 0 Å². The summed E-state index contributed by atoms with van der Waals surface area (Å²) >= 11 is 0. The Morgan fingerprint density at radius 1 is 1.21 bits per heavy atom. The van der Waals surface area contributed by atoms with Gasteiger partial charge >= 0.3 is 0 Å². The Labute approximate surface area is 87.4 Å². The van der Waals surface area contributed by atoms with E-state index >= 15 is 0 Å². The van der Waals surface area contributed by atoms with Crippen molar-refractivity contribution in [2.75, 3.05) is 6.54 Å². The molecule has 0 saturated heterocycles. The van der Waals surface area contributed by atoms with Crippen molar-refractivity contribution >= 4 is 0 Å². The molecule has 0 aromatic rings. The van der Waals surface area contributed by atoms with Crippen LogP contribution in [-0.2, 0) is 4.74 Å². The maximum atomic E-state index is 6.06. The van der Waals surface area contributed by atoms with Gasteiger partial charge in [0.25, 0.3) is 0 Å². The van der Waals surface area contributed by atoms with Gasteiger partial charge in [0.15, 0.2) is 0 Å². The third-order valence-corrected chi connectivity index (χ3v) is 3.35. The summed E-state index contributed by atoms with van der Waals surface area (Å²) in [7, 11) is 0. The minimum absolute atomic E-state index is 0.431. The van der Waals surface area contributed by atoms with E-state index in [1.807, 2.05) is 0 Å². The highest BCUT2D eigenvalue weighted by molar-refractivity contribution is 4.83. The van der Waals surface area contributed by atoms with E-state index in [1.54, 1.807) is 0 Å². The Bertz CT molecular complexity index is 173. The molecular weight excluding hydrogens is 174 g/mol. The fourth-order valence-corrected chi connectivity index (χ4v) is 1.77. The largest absolute Gasteiger partial charge is 0.373 e. The molecule has 82 valence electrons. The van der Waals surface area contributed by atoms with Crippen molar-refractivity contribution in [1.82, 2.24) is 5.32 Å². The number of rotatable bonds is 6. The summed E-state index contributed by atoms with van der Waals surface area (Å²) in [6.45, 7) is 5.58. The van der Waals surface area contributed by atoms with Gasteiger partial charge in [-0.05, 0) is 38.0 Å². The third kappa shape index (κ3) is 2.96. The van der Waals surface area contributed by atoms with E-state index in [1.165, 1.54) is 32.1 Å². The predicted molar refractivity (Wildman–Crippen MR) is 58.4 cm³/mol. The molecule has 1 unspecified atom stereocenters. The molecule has 0 amide bonds. The Kier molecular flexibility index (Phi) is 3.45. The lowest BCUT2D eigenvalue weighted by Gasteiger charge is -2.32. The van der Waals surface area contributed by atoms with Gasteiger partial charge in [-0.25, -0.2) is 0 Å². The van der Waals surface area contributed by atoms with Gasteiger partial charge in [-0.2, -0.15) is 0 Å². The summed E-state index contributed by atoms with van der Waals surface area (Å²) in [6.07, 6.45) is 7.68. The van der Waals surface area contributed by atoms with Gasteiger partial charge in [0.05, 0.1) is 12.2 Å². The lowest BCUT2D eigenvalue weighted by Crippen LogP contribution is -2.38. The molecule has 0 aliphatic heterocycles. The molecule has 2 aliphatic carbocycles. The van der Waals surface area contributed by atoms with Crippen LogP contribution in [0.5, 0.6) is 0 Å². The number of nitrogens with one attached hydrogen (secondary N) is 1. The molecule has 0 spiro atoms. The van der Waals surface area contributed by atoms with Gasteiger partial charge in [0, 0.05) is 12.6 Å². The van der Waals surface area contributed by atoms with E-state index in [0.29, 0.717) is 18.1 Å². The van der Waals surface area contributed by atoms with Gasteiger partial charge in [0.2, 0.25) is 0 Å². The van der Waals surface area contributed by atoms with Crippen LogP contribution in [0.4, 0.5) is 0 Å². The molecule has 0 radical (unpaired) electrons. The Morgan fingerprint density at radius 3 is 2.36 bits per heavy atom. The first-order valence-corrected chi connectivity index (χ1v) is 6.14. The molecule has 2 aliphatic rings. The van der Waals surface area contributed by atoms with Crippen molar-refractivity contribution in [2.24, 2.45) is 5.92 Å². The minimum atomic E-state index is 0.431. The summed E-state index contributed by atoms with van der Waals surface area (Å²) in [5.74, 6) is 0.641. The van der Waals surface area contributed by atoms with Crippen LogP contribution >= 0.6 is 0 Å². The van der Waals surface area contributed by atoms with Gasteiger partial charge in [0.1, 0.15) is 0 Å². The third-order valence-electron chi connectivity index (χ3n) is 3.35. The summed E-state index contributed by atoms with van der Waals surface area (Å²) in [5.41, 5.74) is 0. The molecule has 0 aromatic carbocycles. The Hall–Kier alpha value is -0.0800. The molecule has 0 heterocycles. The second kappa shape index (κ2) is 4.63. The van der Waals surface area contributed by atoms with Crippen LogP contribution in [0, 0.1) is 5.92 Å². The van der Waals surface area contributed by atoms with Crippen LogP contribution < -0.4 is 5.32 Å². The smallest absolute Gasteiger partial charge is 0.0726 e. The van der Waals surface area contributed by atoms with E-state index in [9.17, 15) is 0 Å². The van der Waals surface area contributed by atoms with Crippen LogP contribution in [0.15, 0.2) is 0 Å². The molecule has 1 N–H and O–H groups in total. The van der Waals surface area contributed by atoms with Crippen LogP contribution in [0.2, 0.25) is 0 Å². The van der Waals surface area contributed by atoms with Crippen molar-refractivity contribution in [3.63, 3.8) is 0 Å². The predicted octanol–water partition coefficient (Wildman–Crippen LogP) is 2.33. The van der Waals surface area contributed by atoms with Crippen LogP contribution in [0.25, 0.3) is 0 Å². The molecule has 2 fully saturated rings. The van der Waals surface area contributed by atoms with Crippen LogP contribution in [0.3, 0.4) is 0 Å². The SMILES string of the molecule is CC(C)C(CNC1CC1)OC1CCC1. The molecule has 2 saturated carbocycles. The standard InChI is InChI=1S/C12H23NO/c1-9(2)12(8-13-10-6-7-10)14-11-4-3-5-11/h9-13H,3-8H2,1-2H3. The summed E-state index contributed by atoms with van der Waals surface area (Å²) in [6, 6.07) is 0.807. The molecular formula is C12H23NO. The highest BCUT2D eigenvalue weighted by atomic mass is 16.5. The van der Waals surface area contributed by atoms with Crippen molar-refractivity contribution in [2.45, 2.75) is 64.2 Å². The highest BCUT2D eigenvalue weighted by Gasteiger charge is 2.27. The zero-order valence-corrected chi connectivity index (χ0v) is 9.46. The Morgan fingerprint density at radius 2 is 1.93 bits per heavy atom. The maximum Gasteiger partial charge on any atom is 0.0726 e. The van der Waals surface area contributed by atoms with E-state index in [4.69, 9.17) is 4.74 Å². The average Bonchev–Trinajstić information content (AvgIpc) is 2.83. The fourth-order valence-electron chi connectivity index (χ4n) is 1.77. The van der Waals surface area contributed by atoms with Crippen molar-refractivity contribution in [3.8, 4) is 0 Å². The van der Waals surface area contributed by atoms with Crippen molar-refractivity contribution < 1.29 is 4.74 Å². The van der Waals surface area contributed by atoms with E-state index in [2.05, 4.69) is 19.2 Å². The summed E-state index contributed by atoms with van der Waals surface area (Å²) in [4.78, 5) is 0. The molecule has 2 nitrogen and oxygen atoms in total. The number of ether oxygens (including phenoxy) is 1. The monoisotopic (exact) mass is 197 g/mol. The van der Waals surface area contributed by atoms with Gasteiger partial charge in [-0.3, -0.25) is 0 Å². The molecule has 0 bridgehead atoms. The zero-order valence-electron chi connectivity index (χ0n) is 9.46. The second-order valence-corrected chi connectivity index (χ2v) is 5.15. The zero-order chi connectivity index (χ0) is 9.97. The summed E-state index contributed by atoms with van der Waals surface area (Å²) < 4.78 is 6.06. The van der Waals surface area contributed by atoms with E-state index < -0.39 is 0 Å². The maximum absolute atomic E-state index is 6.06. The lowest BCUT2D eigenvalue weighted by atomic mass is 9.95. The lowest BCUT2D eigenvalue weighted by molar-refractivity contribution is -0.0686. The van der Waals surface area contributed by atoms with E-state index in [0.717, 1.165) is 12.6 Å². The molecule has 2 rings (SSSR count). The minimum Gasteiger partial charge on any atom is -0.373 e. The van der Waals surface area contributed by atoms with Gasteiger partial charge in [-0.1, -0.05) is 13.8 Å². The number of hydrogen-bond donors (Lipinski definition) is 1. The Balaban J connectivity index is 1.67. The molecule has 1 atom stereocenters. The van der Waals surface area contributed by atoms with Crippen molar-refractivity contribution in [1.29, 1.82) is 0 Å². The summed E-state index contributed by atoms with van der Waals surface area (Å²) in [5, 5.41) is 3.57. The normalized spacial score (nSPS) is 25.1. The first-order chi connectivity index (χ1) is 6.75. The fraction of sp³-hybridized carbons (Fsp3) is 1.00. The first-order valence-electron chi connectivity index (χ1n) is 6.14. The highest BCUT2D eigenvalue weighted by Crippen LogP contribution is 2.25. The van der Waals surface area contributed by atoms with Crippen LogP contribution in [-0.4, -0.2) is 24.8 Å². The molecule has 14 heavy (non-hydrogen) atoms. The first kappa shape index (κ1) is 10.4. The number of hydrogen-bond acceptors (Lipinski definition) is 2. The average molecular weight is 197 g/mol. The van der Waals surface area contributed by atoms with Crippen LogP contribution in [0.1, 0.15) is 46.0 Å². The van der Waals surface area contributed by atoms with E-state index in [-0.39, 0.29) is 0 Å². The second-order valence-electron chi connectivity index (χ2n) is 5.15.